The van der Waals surface area contributed by atoms with Crippen molar-refractivity contribution in [2.24, 2.45) is 0 Å². The van der Waals surface area contributed by atoms with Crippen LogP contribution in [0, 0.1) is 0 Å². The number of rotatable bonds is 5. The van der Waals surface area contributed by atoms with E-state index >= 15 is 0 Å². The zero-order chi connectivity index (χ0) is 13.9. The van der Waals surface area contributed by atoms with Gasteiger partial charge in [0.05, 0.1) is 5.56 Å². The Balaban J connectivity index is 1.88. The minimum absolute atomic E-state index is 0.0739. The Bertz CT molecular complexity index is 603. The van der Waals surface area contributed by atoms with Gasteiger partial charge in [-0.2, -0.15) is 0 Å². The van der Waals surface area contributed by atoms with Crippen molar-refractivity contribution in [1.29, 1.82) is 0 Å². The van der Waals surface area contributed by atoms with Gasteiger partial charge in [-0.15, -0.1) is 11.6 Å². The number of fused-ring (bicyclic) bond motifs is 1. The van der Waals surface area contributed by atoms with Gasteiger partial charge in [-0.3, -0.25) is 4.79 Å². The molecule has 20 heavy (non-hydrogen) atoms. The van der Waals surface area contributed by atoms with Crippen LogP contribution in [0.1, 0.15) is 36.0 Å². The molecule has 0 spiro atoms. The topological polar surface area (TPSA) is 33.5 Å². The second kappa shape index (κ2) is 5.88. The molecule has 1 aliphatic carbocycles. The lowest BCUT2D eigenvalue weighted by atomic mass is 9.90. The van der Waals surface area contributed by atoms with Crippen LogP contribution in [0.2, 0.25) is 0 Å². The molecule has 106 valence electrons. The minimum atomic E-state index is 0.0739. The van der Waals surface area contributed by atoms with Crippen LogP contribution in [0.5, 0.6) is 0 Å². The van der Waals surface area contributed by atoms with Crippen LogP contribution in [0.25, 0.3) is 11.0 Å². The highest BCUT2D eigenvalue weighted by Gasteiger charge is 2.30. The third kappa shape index (κ3) is 2.42. The molecular formula is C16H18ClNO2. The fourth-order valence-corrected chi connectivity index (χ4v) is 2.80. The summed E-state index contributed by atoms with van der Waals surface area (Å²) in [6.07, 6.45) is 5.83. The van der Waals surface area contributed by atoms with Crippen LogP contribution in [0.4, 0.5) is 0 Å². The van der Waals surface area contributed by atoms with Crippen molar-refractivity contribution in [3.63, 3.8) is 0 Å². The molecule has 1 fully saturated rings. The molecule has 0 radical (unpaired) electrons. The molecule has 1 heterocycles. The summed E-state index contributed by atoms with van der Waals surface area (Å²) >= 11 is 5.78. The van der Waals surface area contributed by atoms with Crippen molar-refractivity contribution in [3.8, 4) is 0 Å². The highest BCUT2D eigenvalue weighted by atomic mass is 35.5. The lowest BCUT2D eigenvalue weighted by molar-refractivity contribution is 0.0582. The van der Waals surface area contributed by atoms with E-state index in [-0.39, 0.29) is 5.91 Å². The molecular weight excluding hydrogens is 274 g/mol. The fraction of sp³-hybridized carbons (Fsp3) is 0.438. The maximum Gasteiger partial charge on any atom is 0.257 e. The highest BCUT2D eigenvalue weighted by Crippen LogP contribution is 2.29. The molecule has 1 amide bonds. The third-order valence-corrected chi connectivity index (χ3v) is 4.29. The van der Waals surface area contributed by atoms with Gasteiger partial charge < -0.3 is 9.32 Å². The third-order valence-electron chi connectivity index (χ3n) is 4.02. The van der Waals surface area contributed by atoms with Crippen molar-refractivity contribution in [3.05, 3.63) is 36.1 Å². The molecule has 3 nitrogen and oxygen atoms in total. The summed E-state index contributed by atoms with van der Waals surface area (Å²) < 4.78 is 5.48. The van der Waals surface area contributed by atoms with E-state index in [0.29, 0.717) is 17.5 Å². The summed E-state index contributed by atoms with van der Waals surface area (Å²) in [5.41, 5.74) is 1.43. The van der Waals surface area contributed by atoms with Crippen LogP contribution in [0.3, 0.4) is 0 Å². The number of carbonyl (C=O) groups is 1. The SMILES string of the molecule is O=C(c1coc2ccccc12)N(CCCCl)C1CCC1. The molecule has 3 rings (SSSR count). The lowest BCUT2D eigenvalue weighted by Crippen LogP contribution is -2.44. The molecule has 1 aliphatic rings. The Morgan fingerprint density at radius 2 is 2.15 bits per heavy atom. The summed E-state index contributed by atoms with van der Waals surface area (Å²) in [7, 11) is 0. The first-order valence-corrected chi connectivity index (χ1v) is 7.68. The zero-order valence-corrected chi connectivity index (χ0v) is 12.1. The summed E-state index contributed by atoms with van der Waals surface area (Å²) in [6.45, 7) is 0.729. The number of para-hydroxylation sites is 1. The first-order chi connectivity index (χ1) is 9.81. The second-order valence-electron chi connectivity index (χ2n) is 5.27. The monoisotopic (exact) mass is 291 g/mol. The van der Waals surface area contributed by atoms with Gasteiger partial charge in [0.15, 0.2) is 0 Å². The van der Waals surface area contributed by atoms with Gasteiger partial charge >= 0.3 is 0 Å². The Labute approximate surface area is 123 Å². The largest absolute Gasteiger partial charge is 0.463 e. The number of carbonyl (C=O) groups excluding carboxylic acids is 1. The standard InChI is InChI=1S/C16H18ClNO2/c17-9-4-10-18(12-5-3-6-12)16(19)14-11-20-15-8-2-1-7-13(14)15/h1-2,7-8,11-12H,3-6,9-10H2. The predicted octanol–water partition coefficient (Wildman–Crippen LogP) is 4.06. The van der Waals surface area contributed by atoms with Crippen molar-refractivity contribution in [2.75, 3.05) is 12.4 Å². The number of amides is 1. The second-order valence-corrected chi connectivity index (χ2v) is 5.65. The van der Waals surface area contributed by atoms with Gasteiger partial charge in [-0.05, 0) is 31.7 Å². The highest BCUT2D eigenvalue weighted by molar-refractivity contribution is 6.17. The van der Waals surface area contributed by atoms with Gasteiger partial charge in [0, 0.05) is 23.9 Å². The number of alkyl halides is 1. The summed E-state index contributed by atoms with van der Waals surface area (Å²) in [5, 5.41) is 0.896. The molecule has 4 heteroatoms. The number of nitrogens with zero attached hydrogens (tertiary/aromatic N) is 1. The van der Waals surface area contributed by atoms with Crippen LogP contribution in [-0.2, 0) is 0 Å². The van der Waals surface area contributed by atoms with E-state index in [1.807, 2.05) is 29.2 Å². The van der Waals surface area contributed by atoms with Crippen LogP contribution in [-0.4, -0.2) is 29.3 Å². The molecule has 0 unspecified atom stereocenters. The molecule has 0 N–H and O–H groups in total. The zero-order valence-electron chi connectivity index (χ0n) is 11.3. The number of benzene rings is 1. The van der Waals surface area contributed by atoms with Crippen LogP contribution >= 0.6 is 11.6 Å². The first-order valence-electron chi connectivity index (χ1n) is 7.14. The average Bonchev–Trinajstić information content (AvgIpc) is 2.84. The average molecular weight is 292 g/mol. The van der Waals surface area contributed by atoms with Gasteiger partial charge in [0.1, 0.15) is 11.8 Å². The molecule has 1 aromatic heterocycles. The van der Waals surface area contributed by atoms with E-state index in [4.69, 9.17) is 16.0 Å². The number of hydrogen-bond acceptors (Lipinski definition) is 2. The smallest absolute Gasteiger partial charge is 0.257 e. The van der Waals surface area contributed by atoms with Crippen molar-refractivity contribution < 1.29 is 9.21 Å². The quantitative estimate of drug-likeness (QED) is 0.779. The molecule has 1 aromatic carbocycles. The van der Waals surface area contributed by atoms with E-state index in [2.05, 4.69) is 0 Å². The molecule has 0 bridgehead atoms. The normalized spacial score (nSPS) is 15.2. The van der Waals surface area contributed by atoms with Gasteiger partial charge in [-0.25, -0.2) is 0 Å². The Kier molecular flexibility index (Phi) is 3.97. The van der Waals surface area contributed by atoms with Gasteiger partial charge in [0.2, 0.25) is 0 Å². The minimum Gasteiger partial charge on any atom is -0.463 e. The van der Waals surface area contributed by atoms with E-state index < -0.39 is 0 Å². The number of furan rings is 1. The summed E-state index contributed by atoms with van der Waals surface area (Å²) in [6, 6.07) is 8.04. The summed E-state index contributed by atoms with van der Waals surface area (Å²) in [5.74, 6) is 0.660. The Morgan fingerprint density at radius 1 is 1.35 bits per heavy atom. The number of hydrogen-bond donors (Lipinski definition) is 0. The van der Waals surface area contributed by atoms with E-state index in [1.54, 1.807) is 6.26 Å². The summed E-state index contributed by atoms with van der Waals surface area (Å²) in [4.78, 5) is 14.8. The van der Waals surface area contributed by atoms with Crippen molar-refractivity contribution in [1.82, 2.24) is 4.90 Å². The first kappa shape index (κ1) is 13.5. The van der Waals surface area contributed by atoms with E-state index in [9.17, 15) is 4.79 Å². The fourth-order valence-electron chi connectivity index (χ4n) is 2.68. The molecule has 2 aromatic rings. The predicted molar refractivity (Wildman–Crippen MR) is 80.2 cm³/mol. The maximum absolute atomic E-state index is 12.8. The van der Waals surface area contributed by atoms with Crippen molar-refractivity contribution >= 4 is 28.5 Å². The molecule has 1 saturated carbocycles. The van der Waals surface area contributed by atoms with E-state index in [0.717, 1.165) is 36.8 Å². The molecule has 0 saturated heterocycles. The van der Waals surface area contributed by atoms with Crippen LogP contribution < -0.4 is 0 Å². The molecule has 0 atom stereocenters. The van der Waals surface area contributed by atoms with Crippen LogP contribution in [0.15, 0.2) is 34.9 Å². The Morgan fingerprint density at radius 3 is 2.85 bits per heavy atom. The number of halogens is 1. The van der Waals surface area contributed by atoms with E-state index in [1.165, 1.54) is 6.42 Å². The molecule has 0 aliphatic heterocycles. The van der Waals surface area contributed by atoms with Gasteiger partial charge in [0.25, 0.3) is 5.91 Å². The maximum atomic E-state index is 12.8. The van der Waals surface area contributed by atoms with Crippen molar-refractivity contribution in [2.45, 2.75) is 31.7 Å². The lowest BCUT2D eigenvalue weighted by Gasteiger charge is -2.37. The Hall–Kier alpha value is -1.48. The van der Waals surface area contributed by atoms with Gasteiger partial charge in [-0.1, -0.05) is 18.2 Å².